The van der Waals surface area contributed by atoms with E-state index in [4.69, 9.17) is 0 Å². The molecule has 1 saturated heterocycles. The topological polar surface area (TPSA) is 95.1 Å². The third-order valence-corrected chi connectivity index (χ3v) is 9.13. The molecule has 34 heavy (non-hydrogen) atoms. The Balaban J connectivity index is 1.56. The number of sulfonamides is 2. The fourth-order valence-electron chi connectivity index (χ4n) is 4.02. The highest BCUT2D eigenvalue weighted by Gasteiger charge is 2.30. The van der Waals surface area contributed by atoms with Crippen molar-refractivity contribution in [3.63, 3.8) is 0 Å². The van der Waals surface area contributed by atoms with Crippen LogP contribution in [-0.4, -0.2) is 70.9 Å². The largest absolute Gasteiger partial charge is 0.340 e. The number of nitrogens with zero attached hydrogens (tertiary/aromatic N) is 3. The Bertz CT molecular complexity index is 1230. The first-order valence-corrected chi connectivity index (χ1v) is 14.6. The molecule has 10 heteroatoms. The van der Waals surface area contributed by atoms with E-state index in [0.29, 0.717) is 25.2 Å². The summed E-state index contributed by atoms with van der Waals surface area (Å²) < 4.78 is 53.3. The molecule has 0 aliphatic carbocycles. The van der Waals surface area contributed by atoms with Gasteiger partial charge in [-0.2, -0.15) is 4.31 Å². The zero-order valence-electron chi connectivity index (χ0n) is 20.2. The van der Waals surface area contributed by atoms with Gasteiger partial charge in [0.2, 0.25) is 26.0 Å². The molecule has 0 saturated carbocycles. The summed E-state index contributed by atoms with van der Waals surface area (Å²) in [6.07, 6.45) is 1.74. The molecule has 2 aromatic carbocycles. The number of hydrogen-bond acceptors (Lipinski definition) is 5. The van der Waals surface area contributed by atoms with E-state index >= 15 is 0 Å². The van der Waals surface area contributed by atoms with E-state index in [-0.39, 0.29) is 36.9 Å². The number of hydrogen-bond donors (Lipinski definition) is 0. The number of piperazine rings is 1. The standard InChI is InChI=1S/C24H33N3O5S2/c1-19-8-11-22(12-9-19)34(31,32)26-16-14-25(15-17-26)24(28)6-5-13-27(33(4,29)30)23-18-20(2)7-10-21(23)3/h7-12,18H,5-6,13-17H2,1-4H3. The van der Waals surface area contributed by atoms with Crippen molar-refractivity contribution in [1.29, 1.82) is 0 Å². The minimum absolute atomic E-state index is 0.0956. The Morgan fingerprint density at radius 2 is 1.47 bits per heavy atom. The van der Waals surface area contributed by atoms with Gasteiger partial charge in [-0.15, -0.1) is 0 Å². The van der Waals surface area contributed by atoms with Gasteiger partial charge >= 0.3 is 0 Å². The van der Waals surface area contributed by atoms with Crippen LogP contribution in [0.25, 0.3) is 0 Å². The van der Waals surface area contributed by atoms with Gasteiger partial charge in [0.25, 0.3) is 0 Å². The Kier molecular flexibility index (Phi) is 8.05. The summed E-state index contributed by atoms with van der Waals surface area (Å²) >= 11 is 0. The molecule has 1 amide bonds. The van der Waals surface area contributed by atoms with Gasteiger partial charge in [0.05, 0.1) is 16.8 Å². The Hall–Kier alpha value is -2.43. The molecule has 2 aromatic rings. The molecule has 1 heterocycles. The zero-order chi connectivity index (χ0) is 25.1. The van der Waals surface area contributed by atoms with Gasteiger partial charge in [0.15, 0.2) is 0 Å². The lowest BCUT2D eigenvalue weighted by molar-refractivity contribution is -0.132. The minimum atomic E-state index is -3.59. The Morgan fingerprint density at radius 3 is 2.06 bits per heavy atom. The summed E-state index contributed by atoms with van der Waals surface area (Å²) in [7, 11) is -7.09. The zero-order valence-corrected chi connectivity index (χ0v) is 21.8. The second kappa shape index (κ2) is 10.5. The second-order valence-corrected chi connectivity index (χ2v) is 12.7. The maximum absolute atomic E-state index is 12.9. The lowest BCUT2D eigenvalue weighted by Crippen LogP contribution is -2.50. The SMILES string of the molecule is Cc1ccc(S(=O)(=O)N2CCN(C(=O)CCCN(c3cc(C)ccc3C)S(C)(=O)=O)CC2)cc1. The van der Waals surface area contributed by atoms with Gasteiger partial charge in [-0.3, -0.25) is 9.10 Å². The number of carbonyl (C=O) groups excluding carboxylic acids is 1. The molecule has 1 fully saturated rings. The Labute approximate surface area is 203 Å². The smallest absolute Gasteiger partial charge is 0.243 e. The maximum Gasteiger partial charge on any atom is 0.243 e. The van der Waals surface area contributed by atoms with Gasteiger partial charge in [0.1, 0.15) is 0 Å². The van der Waals surface area contributed by atoms with Crippen LogP contribution < -0.4 is 4.31 Å². The van der Waals surface area contributed by atoms with E-state index in [0.717, 1.165) is 16.7 Å². The first kappa shape index (κ1) is 26.2. The van der Waals surface area contributed by atoms with Gasteiger partial charge in [0, 0.05) is 39.1 Å². The maximum atomic E-state index is 12.9. The van der Waals surface area contributed by atoms with Crippen molar-refractivity contribution in [3.8, 4) is 0 Å². The van der Waals surface area contributed by atoms with Gasteiger partial charge < -0.3 is 4.90 Å². The average molecular weight is 508 g/mol. The number of carbonyl (C=O) groups is 1. The Morgan fingerprint density at radius 1 is 0.882 bits per heavy atom. The van der Waals surface area contributed by atoms with E-state index in [9.17, 15) is 21.6 Å². The predicted molar refractivity (Wildman–Crippen MR) is 134 cm³/mol. The van der Waals surface area contributed by atoms with Crippen molar-refractivity contribution < 1.29 is 21.6 Å². The van der Waals surface area contributed by atoms with E-state index < -0.39 is 20.0 Å². The van der Waals surface area contributed by atoms with Crippen LogP contribution >= 0.6 is 0 Å². The molecule has 1 aliphatic rings. The summed E-state index contributed by atoms with van der Waals surface area (Å²) in [5.41, 5.74) is 3.43. The van der Waals surface area contributed by atoms with Crippen molar-refractivity contribution in [2.24, 2.45) is 0 Å². The molecular weight excluding hydrogens is 474 g/mol. The lowest BCUT2D eigenvalue weighted by atomic mass is 10.1. The molecule has 8 nitrogen and oxygen atoms in total. The summed E-state index contributed by atoms with van der Waals surface area (Å²) in [5, 5.41) is 0. The van der Waals surface area contributed by atoms with Crippen LogP contribution in [0.2, 0.25) is 0 Å². The van der Waals surface area contributed by atoms with Crippen molar-refractivity contribution in [1.82, 2.24) is 9.21 Å². The summed E-state index contributed by atoms with van der Waals surface area (Å²) in [5.74, 6) is -0.0956. The molecule has 186 valence electrons. The molecule has 0 radical (unpaired) electrons. The van der Waals surface area contributed by atoms with Crippen molar-refractivity contribution in [2.75, 3.05) is 43.3 Å². The molecule has 3 rings (SSSR count). The number of anilines is 1. The molecule has 1 aliphatic heterocycles. The minimum Gasteiger partial charge on any atom is -0.340 e. The predicted octanol–water partition coefficient (Wildman–Crippen LogP) is 2.69. The molecule has 0 unspecified atom stereocenters. The highest BCUT2D eigenvalue weighted by atomic mass is 32.2. The molecule has 0 N–H and O–H groups in total. The van der Waals surface area contributed by atoms with Crippen LogP contribution in [0, 0.1) is 20.8 Å². The first-order valence-electron chi connectivity index (χ1n) is 11.3. The fraction of sp³-hybridized carbons (Fsp3) is 0.458. The van der Waals surface area contributed by atoms with Crippen LogP contribution in [0.4, 0.5) is 5.69 Å². The molecule has 0 bridgehead atoms. The van der Waals surface area contributed by atoms with Crippen LogP contribution in [0.1, 0.15) is 29.5 Å². The normalized spacial score (nSPS) is 15.4. The number of rotatable bonds is 8. The fourth-order valence-corrected chi connectivity index (χ4v) is 6.46. The average Bonchev–Trinajstić information content (AvgIpc) is 2.78. The van der Waals surface area contributed by atoms with Gasteiger partial charge in [-0.05, 0) is 56.5 Å². The van der Waals surface area contributed by atoms with E-state index in [1.54, 1.807) is 29.2 Å². The number of amides is 1. The highest BCUT2D eigenvalue weighted by molar-refractivity contribution is 7.92. The monoisotopic (exact) mass is 507 g/mol. The number of aryl methyl sites for hydroxylation is 3. The third kappa shape index (κ3) is 6.17. The van der Waals surface area contributed by atoms with Crippen molar-refractivity contribution in [2.45, 2.75) is 38.5 Å². The third-order valence-electron chi connectivity index (χ3n) is 6.04. The quantitative estimate of drug-likeness (QED) is 0.548. The molecule has 0 spiro atoms. The summed E-state index contributed by atoms with van der Waals surface area (Å²) in [4.78, 5) is 14.7. The molecule has 0 aromatic heterocycles. The lowest BCUT2D eigenvalue weighted by Gasteiger charge is -2.34. The molecular formula is C24H33N3O5S2. The van der Waals surface area contributed by atoms with E-state index in [1.807, 2.05) is 39.0 Å². The van der Waals surface area contributed by atoms with Crippen LogP contribution in [-0.2, 0) is 24.8 Å². The number of benzene rings is 2. The molecule has 0 atom stereocenters. The summed E-state index contributed by atoms with van der Waals surface area (Å²) in [6.45, 7) is 6.98. The van der Waals surface area contributed by atoms with Crippen LogP contribution in [0.15, 0.2) is 47.4 Å². The van der Waals surface area contributed by atoms with Gasteiger partial charge in [-0.25, -0.2) is 16.8 Å². The van der Waals surface area contributed by atoms with Crippen molar-refractivity contribution >= 4 is 31.6 Å². The van der Waals surface area contributed by atoms with Gasteiger partial charge in [-0.1, -0.05) is 29.8 Å². The van der Waals surface area contributed by atoms with Crippen LogP contribution in [0.5, 0.6) is 0 Å². The summed E-state index contributed by atoms with van der Waals surface area (Å²) in [6, 6.07) is 12.4. The van der Waals surface area contributed by atoms with E-state index in [1.165, 1.54) is 14.9 Å². The second-order valence-electron chi connectivity index (χ2n) is 8.83. The van der Waals surface area contributed by atoms with E-state index in [2.05, 4.69) is 0 Å². The van der Waals surface area contributed by atoms with Crippen LogP contribution in [0.3, 0.4) is 0 Å². The van der Waals surface area contributed by atoms with Crippen molar-refractivity contribution in [3.05, 3.63) is 59.2 Å². The highest BCUT2D eigenvalue weighted by Crippen LogP contribution is 2.25. The first-order chi connectivity index (χ1) is 15.9.